The predicted molar refractivity (Wildman–Crippen MR) is 118 cm³/mol. The van der Waals surface area contributed by atoms with Crippen molar-refractivity contribution in [2.24, 2.45) is 0 Å². The van der Waals surface area contributed by atoms with Gasteiger partial charge in [0.25, 0.3) is 0 Å². The second kappa shape index (κ2) is 8.57. The highest BCUT2D eigenvalue weighted by atomic mass is 35.5. The van der Waals surface area contributed by atoms with Gasteiger partial charge in [0.1, 0.15) is 11.6 Å². The van der Waals surface area contributed by atoms with Gasteiger partial charge < -0.3 is 10.2 Å². The van der Waals surface area contributed by atoms with Crippen molar-refractivity contribution in [3.8, 4) is 6.07 Å². The first kappa shape index (κ1) is 22.3. The van der Waals surface area contributed by atoms with E-state index in [9.17, 15) is 23.3 Å². The zero-order chi connectivity index (χ0) is 22.9. The summed E-state index contributed by atoms with van der Waals surface area (Å²) in [4.78, 5) is 27.5. The molecule has 2 amide bonds. The van der Waals surface area contributed by atoms with Crippen LogP contribution >= 0.6 is 11.6 Å². The molecular weight excluding hydrogens is 450 g/mol. The van der Waals surface area contributed by atoms with Gasteiger partial charge in [0, 0.05) is 6.54 Å². The number of hydrogen-bond acceptors (Lipinski definition) is 5. The highest BCUT2D eigenvalue weighted by Gasteiger charge is 2.50. The van der Waals surface area contributed by atoms with Crippen LogP contribution in [0.4, 0.5) is 0 Å². The molecule has 1 heterocycles. The van der Waals surface area contributed by atoms with E-state index in [2.05, 4.69) is 11.4 Å². The molecule has 1 saturated heterocycles. The summed E-state index contributed by atoms with van der Waals surface area (Å²) in [7, 11) is -3.88. The third kappa shape index (κ3) is 4.36. The molecule has 0 unspecified atom stereocenters. The summed E-state index contributed by atoms with van der Waals surface area (Å²) in [6, 6.07) is 16.3. The van der Waals surface area contributed by atoms with Crippen molar-refractivity contribution in [2.75, 3.05) is 6.54 Å². The van der Waals surface area contributed by atoms with Crippen molar-refractivity contribution in [1.29, 1.82) is 5.26 Å². The number of nitrogens with one attached hydrogen (secondary N) is 1. The highest BCUT2D eigenvalue weighted by Crippen LogP contribution is 2.36. The first-order chi connectivity index (χ1) is 15.3. The fourth-order valence-electron chi connectivity index (χ4n) is 3.98. The van der Waals surface area contributed by atoms with Crippen LogP contribution in [0.15, 0.2) is 59.5 Å². The Kier molecular flexibility index (Phi) is 5.97. The van der Waals surface area contributed by atoms with Crippen molar-refractivity contribution in [3.63, 3.8) is 0 Å². The van der Waals surface area contributed by atoms with Crippen molar-refractivity contribution < 1.29 is 18.0 Å². The van der Waals surface area contributed by atoms with E-state index < -0.39 is 32.6 Å². The van der Waals surface area contributed by atoms with Crippen LogP contribution in [0.2, 0.25) is 5.02 Å². The average molecular weight is 472 g/mol. The first-order valence-corrected chi connectivity index (χ1v) is 12.2. The molecule has 2 atom stereocenters. The number of amides is 2. The van der Waals surface area contributed by atoms with E-state index in [-0.39, 0.29) is 35.2 Å². The Bertz CT molecular complexity index is 1190. The fourth-order valence-corrected chi connectivity index (χ4v) is 6.20. The van der Waals surface area contributed by atoms with E-state index in [1.807, 2.05) is 18.2 Å². The number of sulfone groups is 1. The van der Waals surface area contributed by atoms with Crippen LogP contribution in [-0.4, -0.2) is 48.5 Å². The summed E-state index contributed by atoms with van der Waals surface area (Å²) >= 11 is 6.13. The molecule has 1 aliphatic heterocycles. The molecule has 1 saturated carbocycles. The molecule has 0 radical (unpaired) electrons. The lowest BCUT2D eigenvalue weighted by Gasteiger charge is -2.25. The van der Waals surface area contributed by atoms with Crippen LogP contribution in [-0.2, 0) is 25.8 Å². The number of rotatable bonds is 6. The Morgan fingerprint density at radius 3 is 2.41 bits per heavy atom. The molecule has 2 aromatic carbocycles. The lowest BCUT2D eigenvalue weighted by molar-refractivity contribution is -0.138. The number of nitriles is 1. The maximum absolute atomic E-state index is 13.3. The Labute approximate surface area is 191 Å². The monoisotopic (exact) mass is 471 g/mol. The van der Waals surface area contributed by atoms with Crippen molar-refractivity contribution in [1.82, 2.24) is 10.2 Å². The lowest BCUT2D eigenvalue weighted by Crippen LogP contribution is -2.49. The Hall–Kier alpha value is -2.89. The van der Waals surface area contributed by atoms with E-state index in [1.165, 1.54) is 17.0 Å². The van der Waals surface area contributed by atoms with E-state index in [0.717, 1.165) is 5.56 Å². The van der Waals surface area contributed by atoms with E-state index in [1.54, 1.807) is 24.3 Å². The summed E-state index contributed by atoms with van der Waals surface area (Å²) in [5.41, 5.74) is -0.143. The largest absolute Gasteiger partial charge is 0.336 e. The smallest absolute Gasteiger partial charge is 0.244 e. The number of hydrogen-bond donors (Lipinski definition) is 1. The summed E-state index contributed by atoms with van der Waals surface area (Å²) in [5, 5.41) is 11.2. The van der Waals surface area contributed by atoms with Crippen molar-refractivity contribution in [2.45, 2.75) is 47.4 Å². The molecule has 7 nitrogen and oxygen atoms in total. The summed E-state index contributed by atoms with van der Waals surface area (Å²) in [6.45, 7) is -0.114. The van der Waals surface area contributed by atoms with Gasteiger partial charge in [-0.3, -0.25) is 9.59 Å². The second-order valence-corrected chi connectivity index (χ2v) is 10.8. The standard InChI is InChI=1S/C23H22ClN3O4S/c24-18-8-4-5-9-20(18)32(30,31)17-13-19(22(29)26-23(15-25)10-11-23)27(14-17)21(28)12-16-6-2-1-3-7-16/h1-9,17,19H,10-14H2,(H,26,29)/t17-,19+/m1/s1. The summed E-state index contributed by atoms with van der Waals surface area (Å²) in [5.74, 6) is -0.836. The maximum Gasteiger partial charge on any atom is 0.244 e. The van der Waals surface area contributed by atoms with E-state index >= 15 is 0 Å². The zero-order valence-electron chi connectivity index (χ0n) is 17.2. The Balaban J connectivity index is 1.61. The third-order valence-electron chi connectivity index (χ3n) is 5.99. The molecule has 2 aliphatic rings. The van der Waals surface area contributed by atoms with Crippen LogP contribution in [0.3, 0.4) is 0 Å². The SMILES string of the molecule is N#CC1(NC(=O)[C@@H]2C[C@@H](S(=O)(=O)c3ccccc3Cl)CN2C(=O)Cc2ccccc2)CC1. The molecule has 1 N–H and O–H groups in total. The minimum atomic E-state index is -3.88. The van der Waals surface area contributed by atoms with Crippen LogP contribution in [0, 0.1) is 11.3 Å². The lowest BCUT2D eigenvalue weighted by atomic mass is 10.1. The van der Waals surface area contributed by atoms with Crippen molar-refractivity contribution in [3.05, 3.63) is 65.2 Å². The van der Waals surface area contributed by atoms with Gasteiger partial charge >= 0.3 is 0 Å². The molecule has 32 heavy (non-hydrogen) atoms. The number of halogens is 1. The number of nitrogens with zero attached hydrogens (tertiary/aromatic N) is 2. The molecule has 4 rings (SSSR count). The number of carbonyl (C=O) groups excluding carboxylic acids is 2. The Morgan fingerprint density at radius 2 is 1.78 bits per heavy atom. The minimum absolute atomic E-state index is 0.0149. The number of carbonyl (C=O) groups is 2. The predicted octanol–water partition coefficient (Wildman–Crippen LogP) is 2.50. The molecular formula is C23H22ClN3O4S. The molecule has 166 valence electrons. The summed E-state index contributed by atoms with van der Waals surface area (Å²) < 4.78 is 26.6. The van der Waals surface area contributed by atoms with Gasteiger partial charge in [-0.25, -0.2) is 8.42 Å². The van der Waals surface area contributed by atoms with Gasteiger partial charge in [-0.1, -0.05) is 54.1 Å². The molecule has 9 heteroatoms. The van der Waals surface area contributed by atoms with E-state index in [4.69, 9.17) is 11.6 Å². The zero-order valence-corrected chi connectivity index (χ0v) is 18.8. The van der Waals surface area contributed by atoms with Gasteiger partial charge in [-0.2, -0.15) is 5.26 Å². The number of benzene rings is 2. The molecule has 2 fully saturated rings. The quantitative estimate of drug-likeness (QED) is 0.696. The van der Waals surface area contributed by atoms with Crippen molar-refractivity contribution >= 4 is 33.3 Å². The molecule has 1 aliphatic carbocycles. The first-order valence-electron chi connectivity index (χ1n) is 10.3. The normalized spacial score (nSPS) is 21.6. The molecule has 0 spiro atoms. The average Bonchev–Trinajstić information content (AvgIpc) is 3.39. The van der Waals surface area contributed by atoms with Gasteiger partial charge in [-0.05, 0) is 37.0 Å². The maximum atomic E-state index is 13.3. The topological polar surface area (TPSA) is 107 Å². The van der Waals surface area contributed by atoms with Gasteiger partial charge in [0.05, 0.1) is 27.7 Å². The van der Waals surface area contributed by atoms with Crippen LogP contribution in [0.1, 0.15) is 24.8 Å². The minimum Gasteiger partial charge on any atom is -0.336 e. The van der Waals surface area contributed by atoms with Crippen LogP contribution < -0.4 is 5.32 Å². The summed E-state index contributed by atoms with van der Waals surface area (Å²) in [6.07, 6.45) is 1.08. The highest BCUT2D eigenvalue weighted by molar-refractivity contribution is 7.92. The molecule has 0 bridgehead atoms. The van der Waals surface area contributed by atoms with Gasteiger partial charge in [0.15, 0.2) is 9.84 Å². The van der Waals surface area contributed by atoms with Crippen LogP contribution in [0.25, 0.3) is 0 Å². The molecule has 0 aromatic heterocycles. The third-order valence-corrected chi connectivity index (χ3v) is 8.62. The number of likely N-dealkylation sites (tertiary alicyclic amines) is 1. The second-order valence-electron chi connectivity index (χ2n) is 8.24. The van der Waals surface area contributed by atoms with Crippen LogP contribution in [0.5, 0.6) is 0 Å². The molecule has 2 aromatic rings. The Morgan fingerprint density at radius 1 is 1.12 bits per heavy atom. The van der Waals surface area contributed by atoms with E-state index in [0.29, 0.717) is 12.8 Å². The fraction of sp³-hybridized carbons (Fsp3) is 0.348. The van der Waals surface area contributed by atoms with Gasteiger partial charge in [0.2, 0.25) is 11.8 Å². The van der Waals surface area contributed by atoms with Gasteiger partial charge in [-0.15, -0.1) is 0 Å².